The van der Waals surface area contributed by atoms with Crippen LogP contribution in [0.5, 0.6) is 11.5 Å². The molecule has 0 radical (unpaired) electrons. The van der Waals surface area contributed by atoms with Crippen molar-refractivity contribution in [2.45, 2.75) is 32.4 Å². The van der Waals surface area contributed by atoms with E-state index in [1.54, 1.807) is 19.2 Å². The summed E-state index contributed by atoms with van der Waals surface area (Å²) in [6.45, 7) is 7.07. The maximum atomic E-state index is 13.0. The van der Waals surface area contributed by atoms with Gasteiger partial charge in [-0.05, 0) is 55.7 Å². The highest BCUT2D eigenvalue weighted by molar-refractivity contribution is 5.97. The number of hydrogen-bond donors (Lipinski definition) is 1. The number of rotatable bonds is 11. The molecule has 0 bridgehead atoms. The van der Waals surface area contributed by atoms with Crippen molar-refractivity contribution in [1.82, 2.24) is 14.9 Å². The lowest BCUT2D eigenvalue weighted by Crippen LogP contribution is -2.29. The Morgan fingerprint density at radius 1 is 1.06 bits per heavy atom. The van der Waals surface area contributed by atoms with E-state index >= 15 is 0 Å². The van der Waals surface area contributed by atoms with Gasteiger partial charge in [0.25, 0.3) is 5.91 Å². The third kappa shape index (κ3) is 5.54. The molecule has 3 aromatic carbocycles. The summed E-state index contributed by atoms with van der Waals surface area (Å²) in [6.07, 6.45) is 3.45. The molecule has 6 heteroatoms. The van der Waals surface area contributed by atoms with Gasteiger partial charge in [0.1, 0.15) is 17.3 Å². The number of carbonyl (C=O) groups is 1. The van der Waals surface area contributed by atoms with E-state index in [4.69, 9.17) is 14.5 Å². The van der Waals surface area contributed by atoms with Gasteiger partial charge in [-0.2, -0.15) is 0 Å². The fraction of sp³-hybridized carbons (Fsp3) is 0.241. The van der Waals surface area contributed by atoms with Gasteiger partial charge in [-0.1, -0.05) is 48.5 Å². The zero-order valence-corrected chi connectivity index (χ0v) is 20.2. The molecule has 1 unspecified atom stereocenters. The topological polar surface area (TPSA) is 65.4 Å². The second kappa shape index (κ2) is 11.4. The van der Waals surface area contributed by atoms with Crippen molar-refractivity contribution < 1.29 is 14.3 Å². The highest BCUT2D eigenvalue weighted by atomic mass is 16.5. The number of carbonyl (C=O) groups excluding carboxylic acids is 1. The highest BCUT2D eigenvalue weighted by Gasteiger charge is 2.20. The maximum absolute atomic E-state index is 13.0. The Bertz CT molecular complexity index is 1310. The van der Waals surface area contributed by atoms with Crippen LogP contribution in [-0.2, 0) is 13.0 Å². The number of imidazole rings is 1. The largest absolute Gasteiger partial charge is 0.496 e. The van der Waals surface area contributed by atoms with Crippen molar-refractivity contribution in [3.05, 3.63) is 102 Å². The zero-order valence-electron chi connectivity index (χ0n) is 20.2. The van der Waals surface area contributed by atoms with Crippen molar-refractivity contribution in [1.29, 1.82) is 0 Å². The molecule has 1 N–H and O–H groups in total. The summed E-state index contributed by atoms with van der Waals surface area (Å²) < 4.78 is 13.6. The van der Waals surface area contributed by atoms with Crippen LogP contribution < -0.4 is 14.8 Å². The second-order valence-corrected chi connectivity index (χ2v) is 8.31. The van der Waals surface area contributed by atoms with E-state index in [1.165, 1.54) is 0 Å². The molecule has 4 rings (SSSR count). The molecule has 4 aromatic rings. The van der Waals surface area contributed by atoms with Crippen molar-refractivity contribution in [3.63, 3.8) is 0 Å². The minimum atomic E-state index is -0.297. The van der Waals surface area contributed by atoms with Gasteiger partial charge in [0.15, 0.2) is 0 Å². The molecule has 35 heavy (non-hydrogen) atoms. The van der Waals surface area contributed by atoms with E-state index in [0.29, 0.717) is 24.5 Å². The molecule has 0 aliphatic heterocycles. The van der Waals surface area contributed by atoms with Gasteiger partial charge in [-0.25, -0.2) is 4.98 Å². The Kier molecular flexibility index (Phi) is 7.83. The molecule has 0 aliphatic rings. The lowest BCUT2D eigenvalue weighted by molar-refractivity contribution is 0.0934. The molecule has 0 spiro atoms. The Hall–Kier alpha value is -4.06. The average Bonchev–Trinajstić information content (AvgIpc) is 3.26. The molecular weight excluding hydrogens is 438 g/mol. The monoisotopic (exact) mass is 469 g/mol. The first-order chi connectivity index (χ1) is 17.1. The molecular formula is C29H31N3O3. The summed E-state index contributed by atoms with van der Waals surface area (Å²) in [7, 11) is 1.56. The fourth-order valence-electron chi connectivity index (χ4n) is 4.20. The predicted molar refractivity (Wildman–Crippen MR) is 139 cm³/mol. The normalized spacial score (nSPS) is 11.7. The molecule has 0 fully saturated rings. The number of nitrogens with one attached hydrogen (secondary N) is 1. The summed E-state index contributed by atoms with van der Waals surface area (Å²) in [6, 6.07) is 23.0. The quantitative estimate of drug-likeness (QED) is 0.225. The summed E-state index contributed by atoms with van der Waals surface area (Å²) in [5, 5.41) is 3.08. The van der Waals surface area contributed by atoms with Gasteiger partial charge in [0.2, 0.25) is 0 Å². The number of hydrogen-bond acceptors (Lipinski definition) is 4. The molecule has 180 valence electrons. The number of allylic oxidation sites excluding steroid dienone is 1. The van der Waals surface area contributed by atoms with Gasteiger partial charge >= 0.3 is 0 Å². The van der Waals surface area contributed by atoms with Gasteiger partial charge in [-0.3, -0.25) is 4.79 Å². The zero-order chi connectivity index (χ0) is 24.6. The van der Waals surface area contributed by atoms with Crippen LogP contribution in [0.15, 0.2) is 85.5 Å². The lowest BCUT2D eigenvalue weighted by Gasteiger charge is -2.17. The summed E-state index contributed by atoms with van der Waals surface area (Å²) >= 11 is 0. The van der Waals surface area contributed by atoms with E-state index in [2.05, 4.69) is 28.6 Å². The summed E-state index contributed by atoms with van der Waals surface area (Å²) in [5.74, 6) is 2.04. The number of benzene rings is 3. The first-order valence-electron chi connectivity index (χ1n) is 11.8. The van der Waals surface area contributed by atoms with Crippen LogP contribution in [0.25, 0.3) is 11.0 Å². The minimum Gasteiger partial charge on any atom is -0.496 e. The molecule has 0 saturated carbocycles. The first kappa shape index (κ1) is 24.1. The fourth-order valence-corrected chi connectivity index (χ4v) is 4.20. The van der Waals surface area contributed by atoms with E-state index in [1.807, 2.05) is 61.5 Å². The van der Waals surface area contributed by atoms with Crippen LogP contribution in [0.2, 0.25) is 0 Å². The predicted octanol–water partition coefficient (Wildman–Crippen LogP) is 5.73. The molecule has 0 saturated heterocycles. The van der Waals surface area contributed by atoms with E-state index < -0.39 is 0 Å². The average molecular weight is 470 g/mol. The van der Waals surface area contributed by atoms with E-state index in [9.17, 15) is 4.79 Å². The van der Waals surface area contributed by atoms with Crippen molar-refractivity contribution in [2.24, 2.45) is 0 Å². The van der Waals surface area contributed by atoms with Crippen LogP contribution in [0.1, 0.15) is 41.1 Å². The van der Waals surface area contributed by atoms with Gasteiger partial charge in [0, 0.05) is 6.54 Å². The molecule has 6 nitrogen and oxygen atoms in total. The number of para-hydroxylation sites is 4. The maximum Gasteiger partial charge on any atom is 0.255 e. The standard InChI is InChI=1S/C29H31N3O3/c1-4-12-22-13-5-9-17-26(22)35-20-11-19-32-25-16-8-7-15-24(25)31-28(32)21(2)30-29(33)23-14-6-10-18-27(23)34-3/h4-10,13-18,21H,1,11-12,19-20H2,2-3H3,(H,30,33). The van der Waals surface area contributed by atoms with Crippen molar-refractivity contribution >= 4 is 16.9 Å². The minimum absolute atomic E-state index is 0.198. The Morgan fingerprint density at radius 3 is 2.57 bits per heavy atom. The Balaban J connectivity index is 1.49. The van der Waals surface area contributed by atoms with Gasteiger partial charge in [-0.15, -0.1) is 6.58 Å². The van der Waals surface area contributed by atoms with Crippen LogP contribution in [0.4, 0.5) is 0 Å². The number of ether oxygens (including phenoxy) is 2. The lowest BCUT2D eigenvalue weighted by atomic mass is 10.1. The third-order valence-electron chi connectivity index (χ3n) is 5.89. The number of nitrogens with zero attached hydrogens (tertiary/aromatic N) is 2. The van der Waals surface area contributed by atoms with Crippen LogP contribution in [-0.4, -0.2) is 29.2 Å². The molecule has 0 aliphatic carbocycles. The summed E-state index contributed by atoms with van der Waals surface area (Å²) in [4.78, 5) is 17.8. The first-order valence-corrected chi connectivity index (χ1v) is 11.8. The Labute approximate surface area is 206 Å². The number of aromatic nitrogens is 2. The van der Waals surface area contributed by atoms with Crippen molar-refractivity contribution in [3.8, 4) is 11.5 Å². The van der Waals surface area contributed by atoms with Crippen LogP contribution in [0.3, 0.4) is 0 Å². The van der Waals surface area contributed by atoms with Gasteiger partial charge < -0.3 is 19.4 Å². The number of amides is 1. The Morgan fingerprint density at radius 2 is 1.77 bits per heavy atom. The molecule has 1 aromatic heterocycles. The smallest absolute Gasteiger partial charge is 0.255 e. The number of fused-ring (bicyclic) bond motifs is 1. The highest BCUT2D eigenvalue weighted by Crippen LogP contribution is 2.24. The molecule has 1 heterocycles. The summed E-state index contributed by atoms with van der Waals surface area (Å²) in [5.41, 5.74) is 3.56. The molecule has 1 amide bonds. The van der Waals surface area contributed by atoms with Crippen LogP contribution in [0, 0.1) is 0 Å². The van der Waals surface area contributed by atoms with Crippen molar-refractivity contribution in [2.75, 3.05) is 13.7 Å². The van der Waals surface area contributed by atoms with Gasteiger partial charge in [0.05, 0.1) is 36.4 Å². The van der Waals surface area contributed by atoms with E-state index in [0.717, 1.165) is 41.0 Å². The van der Waals surface area contributed by atoms with E-state index in [-0.39, 0.29) is 11.9 Å². The second-order valence-electron chi connectivity index (χ2n) is 8.31. The molecule has 1 atom stereocenters. The SMILES string of the molecule is C=CCc1ccccc1OCCCn1c(C(C)NC(=O)c2ccccc2OC)nc2ccccc21. The number of methoxy groups -OCH3 is 1. The number of aryl methyl sites for hydroxylation is 1. The third-order valence-corrected chi connectivity index (χ3v) is 5.89. The van der Waals surface area contributed by atoms with Crippen LogP contribution >= 0.6 is 0 Å².